The third kappa shape index (κ3) is 3.79. The SMILES string of the molecule is COc1c(Cl)cc(C(=O)Nc2ccc(O)c(-c3nc4cc(C)ccc4o3)c2)cc1Cl. The van der Waals surface area contributed by atoms with Crippen LogP contribution in [0.25, 0.3) is 22.6 Å². The van der Waals surface area contributed by atoms with Crippen LogP contribution in [0.2, 0.25) is 10.0 Å². The lowest BCUT2D eigenvalue weighted by Gasteiger charge is -2.10. The van der Waals surface area contributed by atoms with Crippen LogP contribution in [0.5, 0.6) is 11.5 Å². The molecule has 30 heavy (non-hydrogen) atoms. The van der Waals surface area contributed by atoms with Crippen LogP contribution in [0.4, 0.5) is 5.69 Å². The summed E-state index contributed by atoms with van der Waals surface area (Å²) in [6.45, 7) is 1.96. The molecule has 3 aromatic carbocycles. The van der Waals surface area contributed by atoms with Crippen molar-refractivity contribution in [2.24, 2.45) is 0 Å². The Bertz CT molecular complexity index is 1260. The molecule has 0 saturated carbocycles. The highest BCUT2D eigenvalue weighted by atomic mass is 35.5. The van der Waals surface area contributed by atoms with Gasteiger partial charge in [-0.1, -0.05) is 29.3 Å². The highest BCUT2D eigenvalue weighted by Gasteiger charge is 2.16. The van der Waals surface area contributed by atoms with Gasteiger partial charge in [0.25, 0.3) is 5.91 Å². The number of amides is 1. The fourth-order valence-corrected chi connectivity index (χ4v) is 3.67. The lowest BCUT2D eigenvalue weighted by Crippen LogP contribution is -2.12. The number of aromatic hydroxyl groups is 1. The summed E-state index contributed by atoms with van der Waals surface area (Å²) < 4.78 is 10.9. The molecule has 0 saturated heterocycles. The molecular formula is C22H16Cl2N2O4. The van der Waals surface area contributed by atoms with Crippen molar-refractivity contribution in [2.75, 3.05) is 12.4 Å². The van der Waals surface area contributed by atoms with E-state index in [4.69, 9.17) is 32.4 Å². The standard InChI is InChI=1S/C22H16Cl2N2O4/c1-11-3-6-19-17(7-11)26-22(30-19)14-10-13(4-5-18(14)27)25-21(28)12-8-15(23)20(29-2)16(24)9-12/h3-10,27H,1-2H3,(H,25,28). The molecule has 152 valence electrons. The number of phenols is 1. The van der Waals surface area contributed by atoms with Crippen molar-refractivity contribution >= 4 is 45.9 Å². The Morgan fingerprint density at radius 2 is 1.83 bits per heavy atom. The maximum atomic E-state index is 12.7. The van der Waals surface area contributed by atoms with Gasteiger partial charge < -0.3 is 19.6 Å². The molecular weight excluding hydrogens is 427 g/mol. The van der Waals surface area contributed by atoms with Crippen LogP contribution in [-0.4, -0.2) is 23.1 Å². The molecule has 8 heteroatoms. The summed E-state index contributed by atoms with van der Waals surface area (Å²) in [5, 5.41) is 13.5. The molecule has 0 fully saturated rings. The second kappa shape index (κ2) is 7.89. The third-order valence-corrected chi connectivity index (χ3v) is 5.05. The third-order valence-electron chi connectivity index (χ3n) is 4.49. The van der Waals surface area contributed by atoms with Crippen molar-refractivity contribution in [2.45, 2.75) is 6.92 Å². The number of benzene rings is 3. The number of methoxy groups -OCH3 is 1. The number of nitrogens with one attached hydrogen (secondary N) is 1. The lowest BCUT2D eigenvalue weighted by atomic mass is 10.1. The monoisotopic (exact) mass is 442 g/mol. The van der Waals surface area contributed by atoms with Gasteiger partial charge in [-0.15, -0.1) is 0 Å². The number of ether oxygens (including phenoxy) is 1. The fraction of sp³-hybridized carbons (Fsp3) is 0.0909. The Balaban J connectivity index is 1.65. The van der Waals surface area contributed by atoms with Crippen molar-refractivity contribution < 1.29 is 19.1 Å². The van der Waals surface area contributed by atoms with E-state index in [0.29, 0.717) is 28.1 Å². The molecule has 4 aromatic rings. The molecule has 0 unspecified atom stereocenters. The molecule has 1 heterocycles. The first-order valence-electron chi connectivity index (χ1n) is 8.90. The smallest absolute Gasteiger partial charge is 0.255 e. The van der Waals surface area contributed by atoms with Crippen molar-refractivity contribution in [1.82, 2.24) is 4.98 Å². The average molecular weight is 443 g/mol. The number of rotatable bonds is 4. The van der Waals surface area contributed by atoms with Gasteiger partial charge in [0, 0.05) is 11.3 Å². The van der Waals surface area contributed by atoms with Crippen LogP contribution in [0.3, 0.4) is 0 Å². The van der Waals surface area contributed by atoms with Gasteiger partial charge in [-0.05, 0) is 55.0 Å². The van der Waals surface area contributed by atoms with Crippen LogP contribution >= 0.6 is 23.2 Å². The highest BCUT2D eigenvalue weighted by Crippen LogP contribution is 2.35. The summed E-state index contributed by atoms with van der Waals surface area (Å²) in [5.74, 6) is 0.103. The number of fused-ring (bicyclic) bond motifs is 1. The van der Waals surface area contributed by atoms with Gasteiger partial charge in [-0.3, -0.25) is 4.79 Å². The number of halogens is 2. The van der Waals surface area contributed by atoms with Crippen molar-refractivity contribution in [3.05, 3.63) is 69.7 Å². The number of aryl methyl sites for hydroxylation is 1. The molecule has 6 nitrogen and oxygen atoms in total. The van der Waals surface area contributed by atoms with Crippen LogP contribution in [-0.2, 0) is 0 Å². The summed E-state index contributed by atoms with van der Waals surface area (Å²) in [5.41, 5.74) is 3.39. The molecule has 1 aromatic heterocycles. The van der Waals surface area contributed by atoms with E-state index in [-0.39, 0.29) is 27.2 Å². The molecule has 1 amide bonds. The Labute approximate surface area is 182 Å². The average Bonchev–Trinajstić information content (AvgIpc) is 3.12. The van der Waals surface area contributed by atoms with E-state index >= 15 is 0 Å². The molecule has 0 bridgehead atoms. The molecule has 2 N–H and O–H groups in total. The number of carbonyl (C=O) groups excluding carboxylic acids is 1. The molecule has 0 aliphatic rings. The number of oxazole rings is 1. The van der Waals surface area contributed by atoms with E-state index < -0.39 is 5.91 Å². The molecule has 0 atom stereocenters. The maximum Gasteiger partial charge on any atom is 0.255 e. The van der Waals surface area contributed by atoms with Gasteiger partial charge in [0.2, 0.25) is 5.89 Å². The zero-order valence-corrected chi connectivity index (χ0v) is 17.5. The van der Waals surface area contributed by atoms with Crippen molar-refractivity contribution in [1.29, 1.82) is 0 Å². The number of aromatic nitrogens is 1. The van der Waals surface area contributed by atoms with Gasteiger partial charge in [0.1, 0.15) is 11.3 Å². The van der Waals surface area contributed by atoms with Crippen molar-refractivity contribution in [3.63, 3.8) is 0 Å². The quantitative estimate of drug-likeness (QED) is 0.374. The molecule has 4 rings (SSSR count). The number of carbonyl (C=O) groups is 1. The number of hydrogen-bond acceptors (Lipinski definition) is 5. The molecule has 0 aliphatic carbocycles. The van der Waals surface area contributed by atoms with E-state index in [1.807, 2.05) is 25.1 Å². The molecule has 0 spiro atoms. The lowest BCUT2D eigenvalue weighted by molar-refractivity contribution is 0.102. The minimum absolute atomic E-state index is 0.0215. The first-order valence-corrected chi connectivity index (χ1v) is 9.66. The Hall–Kier alpha value is -3.22. The van der Waals surface area contributed by atoms with E-state index in [1.165, 1.54) is 25.3 Å². The first kappa shape index (κ1) is 20.1. The topological polar surface area (TPSA) is 84.6 Å². The Morgan fingerprint density at radius 1 is 1.10 bits per heavy atom. The predicted octanol–water partition coefficient (Wildman–Crippen LogP) is 6.08. The number of hydrogen-bond donors (Lipinski definition) is 2. The molecule has 0 aliphatic heterocycles. The van der Waals surface area contributed by atoms with Gasteiger partial charge in [-0.2, -0.15) is 0 Å². The van der Waals surface area contributed by atoms with Crippen LogP contribution in [0.15, 0.2) is 52.9 Å². The number of nitrogens with zero attached hydrogens (tertiary/aromatic N) is 1. The first-order chi connectivity index (χ1) is 14.4. The zero-order valence-electron chi connectivity index (χ0n) is 16.0. The second-order valence-electron chi connectivity index (χ2n) is 6.65. The van der Waals surface area contributed by atoms with Gasteiger partial charge in [-0.25, -0.2) is 4.98 Å². The van der Waals surface area contributed by atoms with E-state index in [0.717, 1.165) is 5.56 Å². The van der Waals surface area contributed by atoms with Crippen LogP contribution in [0, 0.1) is 6.92 Å². The fourth-order valence-electron chi connectivity index (χ4n) is 3.03. The van der Waals surface area contributed by atoms with Crippen LogP contribution < -0.4 is 10.1 Å². The second-order valence-corrected chi connectivity index (χ2v) is 7.46. The summed E-state index contributed by atoms with van der Waals surface area (Å²) in [6.07, 6.45) is 0. The zero-order chi connectivity index (χ0) is 21.4. The van der Waals surface area contributed by atoms with Crippen LogP contribution in [0.1, 0.15) is 15.9 Å². The predicted molar refractivity (Wildman–Crippen MR) is 117 cm³/mol. The van der Waals surface area contributed by atoms with Gasteiger partial charge in [0.15, 0.2) is 11.3 Å². The molecule has 0 radical (unpaired) electrons. The van der Waals surface area contributed by atoms with E-state index in [9.17, 15) is 9.90 Å². The van der Waals surface area contributed by atoms with E-state index in [2.05, 4.69) is 10.3 Å². The summed E-state index contributed by atoms with van der Waals surface area (Å²) in [7, 11) is 1.44. The van der Waals surface area contributed by atoms with E-state index in [1.54, 1.807) is 12.1 Å². The van der Waals surface area contributed by atoms with Gasteiger partial charge in [0.05, 0.1) is 22.7 Å². The minimum Gasteiger partial charge on any atom is -0.507 e. The highest BCUT2D eigenvalue weighted by molar-refractivity contribution is 6.37. The van der Waals surface area contributed by atoms with Gasteiger partial charge >= 0.3 is 0 Å². The van der Waals surface area contributed by atoms with Crippen molar-refractivity contribution in [3.8, 4) is 23.0 Å². The summed E-state index contributed by atoms with van der Waals surface area (Å²) in [4.78, 5) is 17.1. The summed E-state index contributed by atoms with van der Waals surface area (Å²) in [6, 6.07) is 13.2. The Kier molecular flexibility index (Phi) is 5.28. The minimum atomic E-state index is -0.425. The Morgan fingerprint density at radius 3 is 2.53 bits per heavy atom. The maximum absolute atomic E-state index is 12.7. The largest absolute Gasteiger partial charge is 0.507 e. The normalized spacial score (nSPS) is 10.9. The summed E-state index contributed by atoms with van der Waals surface area (Å²) >= 11 is 12.2. The number of phenolic OH excluding ortho intramolecular Hbond substituents is 1. The number of anilines is 1.